The van der Waals surface area contributed by atoms with Gasteiger partial charge in [0.05, 0.1) is 6.54 Å². The summed E-state index contributed by atoms with van der Waals surface area (Å²) in [5, 5.41) is 12.4. The van der Waals surface area contributed by atoms with Crippen LogP contribution in [0.3, 0.4) is 0 Å². The van der Waals surface area contributed by atoms with Gasteiger partial charge in [-0.15, -0.1) is 0 Å². The van der Waals surface area contributed by atoms with Crippen molar-refractivity contribution in [3.8, 4) is 0 Å². The number of rotatable bonds is 3. The molecule has 13 heavy (non-hydrogen) atoms. The van der Waals surface area contributed by atoms with Crippen molar-refractivity contribution in [2.24, 2.45) is 10.7 Å². The lowest BCUT2D eigenvalue weighted by atomic mass is 10.4. The van der Waals surface area contributed by atoms with E-state index < -0.39 is 12.0 Å². The fourth-order valence-electron chi connectivity index (χ4n) is 0.849. The molecule has 0 bridgehead atoms. The smallest absolute Gasteiger partial charge is 0.321 e. The van der Waals surface area contributed by atoms with Gasteiger partial charge in [0.2, 0.25) is 0 Å². The standard InChI is InChI=1S/C7H13N3O2S/c1-4-2-9-7(10-4)13-3-5(8)6(11)12/h4-5H,2-3,8H2,1H3,(H,9,10)(H,11,12). The van der Waals surface area contributed by atoms with Crippen LogP contribution in [0.1, 0.15) is 6.92 Å². The van der Waals surface area contributed by atoms with Crippen LogP contribution in [-0.4, -0.2) is 40.6 Å². The minimum absolute atomic E-state index is 0.351. The summed E-state index contributed by atoms with van der Waals surface area (Å²) in [6.07, 6.45) is 0. The normalized spacial score (nSPS) is 23.5. The first-order chi connectivity index (χ1) is 6.09. The molecule has 2 atom stereocenters. The molecule has 0 aromatic heterocycles. The van der Waals surface area contributed by atoms with Gasteiger partial charge in [-0.25, -0.2) is 0 Å². The molecule has 0 spiro atoms. The van der Waals surface area contributed by atoms with E-state index in [1.54, 1.807) is 0 Å². The summed E-state index contributed by atoms with van der Waals surface area (Å²) in [6, 6.07) is -0.464. The second-order valence-corrected chi connectivity index (χ2v) is 3.96. The van der Waals surface area contributed by atoms with Crippen LogP contribution in [0.25, 0.3) is 0 Å². The van der Waals surface area contributed by atoms with Crippen molar-refractivity contribution in [2.75, 3.05) is 12.3 Å². The van der Waals surface area contributed by atoms with Gasteiger partial charge in [-0.3, -0.25) is 9.79 Å². The monoisotopic (exact) mass is 203 g/mol. The van der Waals surface area contributed by atoms with Crippen molar-refractivity contribution in [2.45, 2.75) is 19.0 Å². The van der Waals surface area contributed by atoms with Gasteiger partial charge in [-0.05, 0) is 6.92 Å². The van der Waals surface area contributed by atoms with E-state index in [0.717, 1.165) is 11.7 Å². The van der Waals surface area contributed by atoms with Crippen LogP contribution < -0.4 is 11.1 Å². The van der Waals surface area contributed by atoms with Crippen molar-refractivity contribution in [3.63, 3.8) is 0 Å². The number of nitrogens with zero attached hydrogens (tertiary/aromatic N) is 1. The molecular formula is C7H13N3O2S. The number of hydrogen-bond donors (Lipinski definition) is 3. The molecule has 0 amide bonds. The van der Waals surface area contributed by atoms with Gasteiger partial charge in [-0.2, -0.15) is 0 Å². The van der Waals surface area contributed by atoms with Gasteiger partial charge in [0.15, 0.2) is 5.17 Å². The lowest BCUT2D eigenvalue weighted by molar-refractivity contribution is -0.137. The van der Waals surface area contributed by atoms with Gasteiger partial charge >= 0.3 is 5.97 Å². The molecule has 0 radical (unpaired) electrons. The van der Waals surface area contributed by atoms with Crippen molar-refractivity contribution >= 4 is 22.9 Å². The minimum atomic E-state index is -0.973. The van der Waals surface area contributed by atoms with Gasteiger partial charge in [0, 0.05) is 11.8 Å². The van der Waals surface area contributed by atoms with E-state index in [-0.39, 0.29) is 0 Å². The third-order valence-electron chi connectivity index (χ3n) is 1.60. The Hall–Kier alpha value is -0.750. The summed E-state index contributed by atoms with van der Waals surface area (Å²) < 4.78 is 0. The molecule has 0 saturated carbocycles. The molecule has 0 aliphatic carbocycles. The quantitative estimate of drug-likeness (QED) is 0.574. The van der Waals surface area contributed by atoms with E-state index in [9.17, 15) is 4.79 Å². The number of aliphatic carboxylic acids is 1. The first-order valence-electron chi connectivity index (χ1n) is 4.01. The highest BCUT2D eigenvalue weighted by molar-refractivity contribution is 8.13. The van der Waals surface area contributed by atoms with Gasteiger partial charge in [0.25, 0.3) is 0 Å². The molecule has 2 unspecified atom stereocenters. The zero-order valence-electron chi connectivity index (χ0n) is 7.36. The Morgan fingerprint density at radius 1 is 2.00 bits per heavy atom. The van der Waals surface area contributed by atoms with E-state index in [0.29, 0.717) is 11.8 Å². The first-order valence-corrected chi connectivity index (χ1v) is 5.00. The highest BCUT2D eigenvalue weighted by Crippen LogP contribution is 2.09. The average molecular weight is 203 g/mol. The Kier molecular flexibility index (Phi) is 3.56. The average Bonchev–Trinajstić information content (AvgIpc) is 2.47. The Morgan fingerprint density at radius 3 is 3.15 bits per heavy atom. The molecule has 4 N–H and O–H groups in total. The predicted octanol–water partition coefficient (Wildman–Crippen LogP) is -0.521. The fraction of sp³-hybridized carbons (Fsp3) is 0.714. The summed E-state index contributed by atoms with van der Waals surface area (Å²) in [4.78, 5) is 14.5. The van der Waals surface area contributed by atoms with Crippen molar-refractivity contribution < 1.29 is 9.90 Å². The van der Waals surface area contributed by atoms with E-state index >= 15 is 0 Å². The van der Waals surface area contributed by atoms with Crippen molar-refractivity contribution in [1.82, 2.24) is 5.32 Å². The third kappa shape index (κ3) is 3.23. The van der Waals surface area contributed by atoms with Crippen LogP contribution in [0, 0.1) is 0 Å². The molecule has 1 rings (SSSR count). The number of nitrogens with two attached hydrogens (primary N) is 1. The topological polar surface area (TPSA) is 87.7 Å². The molecule has 0 aromatic rings. The summed E-state index contributed by atoms with van der Waals surface area (Å²) in [5.41, 5.74) is 5.33. The molecule has 6 heteroatoms. The van der Waals surface area contributed by atoms with Gasteiger partial charge in [-0.1, -0.05) is 11.8 Å². The zero-order valence-corrected chi connectivity index (χ0v) is 8.17. The minimum Gasteiger partial charge on any atom is -0.480 e. The lowest BCUT2D eigenvalue weighted by Gasteiger charge is -2.07. The second-order valence-electron chi connectivity index (χ2n) is 2.95. The lowest BCUT2D eigenvalue weighted by Crippen LogP contribution is -2.34. The number of nitrogens with one attached hydrogen (secondary N) is 1. The molecule has 0 saturated heterocycles. The Bertz CT molecular complexity index is 232. The Balaban J connectivity index is 2.23. The number of carboxylic acid groups (broad SMARTS) is 1. The molecule has 74 valence electrons. The van der Waals surface area contributed by atoms with Crippen LogP contribution in [0.4, 0.5) is 0 Å². The van der Waals surface area contributed by atoms with E-state index in [2.05, 4.69) is 10.3 Å². The number of aliphatic imine (C=N–C) groups is 1. The zero-order chi connectivity index (χ0) is 9.84. The Morgan fingerprint density at radius 2 is 2.69 bits per heavy atom. The maximum atomic E-state index is 10.4. The molecule has 0 fully saturated rings. The van der Waals surface area contributed by atoms with Crippen molar-refractivity contribution in [1.29, 1.82) is 0 Å². The molecule has 0 aromatic carbocycles. The summed E-state index contributed by atoms with van der Waals surface area (Å²) >= 11 is 1.36. The molecule has 1 aliphatic rings. The summed E-state index contributed by atoms with van der Waals surface area (Å²) in [7, 11) is 0. The highest BCUT2D eigenvalue weighted by Gasteiger charge is 2.16. The van der Waals surface area contributed by atoms with Crippen LogP contribution in [-0.2, 0) is 4.79 Å². The maximum absolute atomic E-state index is 10.4. The third-order valence-corrected chi connectivity index (χ3v) is 2.64. The SMILES string of the molecule is CC1CN=C(SCC(N)C(=O)O)N1. The molecule has 1 aliphatic heterocycles. The molecule has 1 heterocycles. The van der Waals surface area contributed by atoms with Crippen LogP contribution in [0.5, 0.6) is 0 Å². The highest BCUT2D eigenvalue weighted by atomic mass is 32.2. The molecular weight excluding hydrogens is 190 g/mol. The predicted molar refractivity (Wildman–Crippen MR) is 53.0 cm³/mol. The Labute approximate surface area is 80.8 Å². The fourth-order valence-corrected chi connectivity index (χ4v) is 1.78. The van der Waals surface area contributed by atoms with Gasteiger partial charge < -0.3 is 16.2 Å². The number of carboxylic acids is 1. The van der Waals surface area contributed by atoms with E-state index in [1.807, 2.05) is 6.92 Å². The number of hydrogen-bond acceptors (Lipinski definition) is 5. The molecule has 5 nitrogen and oxygen atoms in total. The van der Waals surface area contributed by atoms with Crippen LogP contribution in [0.15, 0.2) is 4.99 Å². The number of amidine groups is 1. The number of thioether (sulfide) groups is 1. The van der Waals surface area contributed by atoms with E-state index in [1.165, 1.54) is 11.8 Å². The van der Waals surface area contributed by atoms with Crippen molar-refractivity contribution in [3.05, 3.63) is 0 Å². The largest absolute Gasteiger partial charge is 0.480 e. The first kappa shape index (κ1) is 10.3. The second kappa shape index (κ2) is 4.48. The maximum Gasteiger partial charge on any atom is 0.321 e. The van der Waals surface area contributed by atoms with Crippen LogP contribution in [0.2, 0.25) is 0 Å². The number of carbonyl (C=O) groups is 1. The van der Waals surface area contributed by atoms with E-state index in [4.69, 9.17) is 10.8 Å². The van der Waals surface area contributed by atoms with Crippen LogP contribution >= 0.6 is 11.8 Å². The summed E-state index contributed by atoms with van der Waals surface area (Å²) in [6.45, 7) is 2.78. The van der Waals surface area contributed by atoms with Gasteiger partial charge in [0.1, 0.15) is 6.04 Å². The summed E-state index contributed by atoms with van der Waals surface area (Å²) in [5.74, 6) is -0.618.